The third kappa shape index (κ3) is 2.60. The Balaban J connectivity index is 1.75. The van der Waals surface area contributed by atoms with Crippen LogP contribution in [0.1, 0.15) is 5.56 Å². The number of nitrogens with one attached hydrogen (secondary N) is 2. The van der Waals surface area contributed by atoms with Gasteiger partial charge >= 0.3 is 0 Å². The second kappa shape index (κ2) is 4.89. The molecule has 3 aromatic rings. The van der Waals surface area contributed by atoms with E-state index in [-0.39, 0.29) is 5.82 Å². The first-order valence-corrected chi connectivity index (χ1v) is 5.81. The van der Waals surface area contributed by atoms with Gasteiger partial charge in [0, 0.05) is 0 Å². The third-order valence-corrected chi connectivity index (χ3v) is 2.62. The minimum atomic E-state index is -0.285. The van der Waals surface area contributed by atoms with E-state index in [1.165, 1.54) is 18.3 Å². The van der Waals surface area contributed by atoms with Crippen molar-refractivity contribution >= 4 is 23.2 Å². The molecule has 0 aliphatic heterocycles. The van der Waals surface area contributed by atoms with E-state index >= 15 is 0 Å². The van der Waals surface area contributed by atoms with Gasteiger partial charge in [-0.15, -0.1) is 0 Å². The predicted octanol–water partition coefficient (Wildman–Crippen LogP) is 3.15. The highest BCUT2D eigenvalue weighted by Gasteiger charge is 1.99. The van der Waals surface area contributed by atoms with Crippen LogP contribution in [0.25, 0.3) is 11.0 Å². The van der Waals surface area contributed by atoms with Crippen molar-refractivity contribution in [3.8, 4) is 0 Å². The van der Waals surface area contributed by atoms with Crippen molar-refractivity contribution in [1.29, 1.82) is 0 Å². The Kier molecular flexibility index (Phi) is 2.94. The van der Waals surface area contributed by atoms with Gasteiger partial charge in [0.15, 0.2) is 0 Å². The van der Waals surface area contributed by atoms with Gasteiger partial charge in [0.25, 0.3) is 0 Å². The lowest BCUT2D eigenvalue weighted by atomic mass is 10.2. The number of hydrogen-bond donors (Lipinski definition) is 2. The first-order valence-electron chi connectivity index (χ1n) is 5.81. The molecule has 0 aliphatic carbocycles. The first-order chi connectivity index (χ1) is 9.31. The Morgan fingerprint density at radius 1 is 1.16 bits per heavy atom. The molecule has 0 fully saturated rings. The van der Waals surface area contributed by atoms with Crippen LogP contribution in [0.2, 0.25) is 0 Å². The Morgan fingerprint density at radius 2 is 2.05 bits per heavy atom. The van der Waals surface area contributed by atoms with E-state index in [9.17, 15) is 4.39 Å². The maximum atomic E-state index is 13.0. The average Bonchev–Trinajstić information content (AvgIpc) is 2.81. The smallest absolute Gasteiger partial charge is 0.222 e. The summed E-state index contributed by atoms with van der Waals surface area (Å²) in [4.78, 5) is 7.39. The molecular formula is C14H11FN4. The molecule has 0 spiro atoms. The monoisotopic (exact) mass is 254 g/mol. The third-order valence-electron chi connectivity index (χ3n) is 2.62. The Hall–Kier alpha value is -2.69. The lowest BCUT2D eigenvalue weighted by Gasteiger charge is -1.94. The predicted molar refractivity (Wildman–Crippen MR) is 73.7 cm³/mol. The Morgan fingerprint density at radius 3 is 2.89 bits per heavy atom. The highest BCUT2D eigenvalue weighted by atomic mass is 19.1. The van der Waals surface area contributed by atoms with Crippen LogP contribution >= 0.6 is 0 Å². The van der Waals surface area contributed by atoms with Crippen molar-refractivity contribution < 1.29 is 4.39 Å². The maximum absolute atomic E-state index is 13.0. The molecule has 1 heterocycles. The quantitative estimate of drug-likeness (QED) is 0.557. The van der Waals surface area contributed by atoms with E-state index in [1.54, 1.807) is 12.1 Å². The number of rotatable bonds is 3. The molecule has 0 bridgehead atoms. The molecule has 0 unspecified atom stereocenters. The van der Waals surface area contributed by atoms with Gasteiger partial charge in [-0.3, -0.25) is 0 Å². The van der Waals surface area contributed by atoms with Crippen LogP contribution in [-0.4, -0.2) is 16.2 Å². The van der Waals surface area contributed by atoms with Crippen molar-refractivity contribution in [2.45, 2.75) is 0 Å². The maximum Gasteiger partial charge on any atom is 0.222 e. The molecule has 94 valence electrons. The average molecular weight is 254 g/mol. The minimum Gasteiger partial charge on any atom is -0.323 e. The standard InChI is InChI=1S/C14H11FN4/c15-11-5-3-4-10(8-11)9-16-19-14-17-12-6-1-2-7-13(12)18-14/h1-9H,(H2,17,18,19)/b16-9+. The van der Waals surface area contributed by atoms with Crippen LogP contribution in [0.15, 0.2) is 53.6 Å². The number of benzene rings is 2. The van der Waals surface area contributed by atoms with Gasteiger partial charge in [0.2, 0.25) is 5.95 Å². The van der Waals surface area contributed by atoms with Crippen LogP contribution in [-0.2, 0) is 0 Å². The summed E-state index contributed by atoms with van der Waals surface area (Å²) in [6, 6.07) is 13.9. The molecule has 0 atom stereocenters. The van der Waals surface area contributed by atoms with Crippen LogP contribution in [0.5, 0.6) is 0 Å². The zero-order chi connectivity index (χ0) is 13.1. The number of fused-ring (bicyclic) bond motifs is 1. The van der Waals surface area contributed by atoms with E-state index in [1.807, 2.05) is 24.3 Å². The Labute approximate surface area is 109 Å². The molecule has 0 radical (unpaired) electrons. The second-order valence-corrected chi connectivity index (χ2v) is 4.03. The molecule has 2 N–H and O–H groups in total. The number of anilines is 1. The highest BCUT2D eigenvalue weighted by Crippen LogP contribution is 2.13. The van der Waals surface area contributed by atoms with Gasteiger partial charge in [0.05, 0.1) is 17.2 Å². The topological polar surface area (TPSA) is 53.1 Å². The van der Waals surface area contributed by atoms with Crippen molar-refractivity contribution in [1.82, 2.24) is 9.97 Å². The van der Waals surface area contributed by atoms with E-state index in [0.29, 0.717) is 11.5 Å². The largest absolute Gasteiger partial charge is 0.323 e. The van der Waals surface area contributed by atoms with Gasteiger partial charge in [0.1, 0.15) is 5.82 Å². The number of imidazole rings is 1. The fraction of sp³-hybridized carbons (Fsp3) is 0. The fourth-order valence-corrected chi connectivity index (χ4v) is 1.76. The molecule has 4 nitrogen and oxygen atoms in total. The van der Waals surface area contributed by atoms with Gasteiger partial charge in [-0.25, -0.2) is 14.8 Å². The zero-order valence-corrected chi connectivity index (χ0v) is 9.97. The molecule has 0 saturated carbocycles. The van der Waals surface area contributed by atoms with Crippen LogP contribution in [0.4, 0.5) is 10.3 Å². The van der Waals surface area contributed by atoms with Gasteiger partial charge < -0.3 is 4.98 Å². The molecule has 2 aromatic carbocycles. The summed E-state index contributed by atoms with van der Waals surface area (Å²) in [7, 11) is 0. The summed E-state index contributed by atoms with van der Waals surface area (Å²) in [6.07, 6.45) is 1.54. The summed E-state index contributed by atoms with van der Waals surface area (Å²) in [5.74, 6) is 0.265. The summed E-state index contributed by atoms with van der Waals surface area (Å²) >= 11 is 0. The second-order valence-electron chi connectivity index (χ2n) is 4.03. The normalized spacial score (nSPS) is 11.2. The lowest BCUT2D eigenvalue weighted by Crippen LogP contribution is -1.92. The molecule has 0 amide bonds. The molecule has 5 heteroatoms. The van der Waals surface area contributed by atoms with Crippen molar-refractivity contribution in [2.75, 3.05) is 5.43 Å². The van der Waals surface area contributed by atoms with Crippen molar-refractivity contribution in [2.24, 2.45) is 5.10 Å². The van der Waals surface area contributed by atoms with E-state index in [4.69, 9.17) is 0 Å². The summed E-state index contributed by atoms with van der Waals surface area (Å²) in [6.45, 7) is 0. The molecule has 19 heavy (non-hydrogen) atoms. The molecule has 1 aromatic heterocycles. The number of H-pyrrole nitrogens is 1. The summed E-state index contributed by atoms with van der Waals surface area (Å²) in [5, 5.41) is 4.01. The van der Waals surface area contributed by atoms with Crippen LogP contribution in [0.3, 0.4) is 0 Å². The number of aromatic nitrogens is 2. The fourth-order valence-electron chi connectivity index (χ4n) is 1.76. The number of para-hydroxylation sites is 2. The SMILES string of the molecule is Fc1cccc(/C=N/Nc2nc3ccccc3[nH]2)c1. The van der Waals surface area contributed by atoms with Crippen molar-refractivity contribution in [3.05, 3.63) is 59.9 Å². The van der Waals surface area contributed by atoms with Crippen LogP contribution < -0.4 is 5.43 Å². The van der Waals surface area contributed by atoms with E-state index in [2.05, 4.69) is 20.5 Å². The molecule has 3 rings (SSSR count). The molecule has 0 saturated heterocycles. The first kappa shape index (κ1) is 11.4. The van der Waals surface area contributed by atoms with Gasteiger partial charge in [-0.05, 0) is 29.8 Å². The van der Waals surface area contributed by atoms with Gasteiger partial charge in [-0.2, -0.15) is 5.10 Å². The van der Waals surface area contributed by atoms with Crippen LogP contribution in [0, 0.1) is 5.82 Å². The summed E-state index contributed by atoms with van der Waals surface area (Å²) < 4.78 is 13.0. The minimum absolute atomic E-state index is 0.285. The Bertz CT molecular complexity index is 700. The number of hydrazone groups is 1. The molecular weight excluding hydrogens is 243 g/mol. The van der Waals surface area contributed by atoms with Crippen molar-refractivity contribution in [3.63, 3.8) is 0 Å². The zero-order valence-electron chi connectivity index (χ0n) is 9.97. The number of nitrogens with zero attached hydrogens (tertiary/aromatic N) is 2. The van der Waals surface area contributed by atoms with Gasteiger partial charge in [-0.1, -0.05) is 24.3 Å². The highest BCUT2D eigenvalue weighted by molar-refractivity contribution is 5.80. The number of halogens is 1. The number of aromatic amines is 1. The van der Waals surface area contributed by atoms with E-state index < -0.39 is 0 Å². The lowest BCUT2D eigenvalue weighted by molar-refractivity contribution is 0.627. The van der Waals surface area contributed by atoms with E-state index in [0.717, 1.165) is 11.0 Å². The number of hydrogen-bond acceptors (Lipinski definition) is 3. The molecule has 0 aliphatic rings. The summed E-state index contributed by atoms with van der Waals surface area (Å²) in [5.41, 5.74) is 5.27.